The van der Waals surface area contributed by atoms with Crippen LogP contribution < -0.4 is 0 Å². The highest BCUT2D eigenvalue weighted by molar-refractivity contribution is 9.00. The van der Waals surface area contributed by atoms with Crippen LogP contribution in [0.1, 0.15) is 0 Å². The van der Waals surface area contributed by atoms with Crippen LogP contribution in [-0.4, -0.2) is 19.2 Å². The highest BCUT2D eigenvalue weighted by Gasteiger charge is 2.01. The van der Waals surface area contributed by atoms with Gasteiger partial charge in [-0.1, -0.05) is 11.8 Å². The summed E-state index contributed by atoms with van der Waals surface area (Å²) in [5, 5.41) is 0. The number of hydrogen-bond acceptors (Lipinski definition) is 3. The molecular formula is C3H9PS3. The Morgan fingerprint density at radius 1 is 1.29 bits per heavy atom. The van der Waals surface area contributed by atoms with Gasteiger partial charge < -0.3 is 0 Å². The van der Waals surface area contributed by atoms with Gasteiger partial charge in [0.2, 0.25) is 0 Å². The molecular weight excluding hydrogens is 163 g/mol. The lowest BCUT2D eigenvalue weighted by atomic mass is 12.0. The van der Waals surface area contributed by atoms with Crippen molar-refractivity contribution in [1.29, 1.82) is 0 Å². The second kappa shape index (κ2) is 3.39. The van der Waals surface area contributed by atoms with E-state index in [4.69, 9.17) is 11.8 Å². The van der Waals surface area contributed by atoms with Crippen molar-refractivity contribution >= 4 is 39.0 Å². The van der Waals surface area contributed by atoms with Crippen LogP contribution in [0.25, 0.3) is 0 Å². The molecule has 0 aliphatic carbocycles. The molecule has 0 atom stereocenters. The molecule has 0 aliphatic heterocycles. The van der Waals surface area contributed by atoms with E-state index < -0.39 is 4.44 Å². The SMILES string of the molecule is CSP(C)(=S)SC. The van der Waals surface area contributed by atoms with Crippen molar-refractivity contribution in [3.8, 4) is 0 Å². The second-order valence-electron chi connectivity index (χ2n) is 1.14. The van der Waals surface area contributed by atoms with Gasteiger partial charge in [-0.2, -0.15) is 0 Å². The minimum absolute atomic E-state index is 0.988. The summed E-state index contributed by atoms with van der Waals surface area (Å²) in [6, 6.07) is 0. The van der Waals surface area contributed by atoms with Crippen LogP contribution in [0.4, 0.5) is 0 Å². The minimum atomic E-state index is -0.988. The summed E-state index contributed by atoms with van der Waals surface area (Å²) in [5.74, 6) is 0. The fourth-order valence-electron chi connectivity index (χ4n) is 0.0745. The maximum atomic E-state index is 5.18. The van der Waals surface area contributed by atoms with Gasteiger partial charge in [0, 0.05) is 0 Å². The molecule has 0 amide bonds. The van der Waals surface area contributed by atoms with Crippen LogP contribution in [-0.2, 0) is 11.8 Å². The lowest BCUT2D eigenvalue weighted by Crippen LogP contribution is -1.56. The third kappa shape index (κ3) is 3.89. The lowest BCUT2D eigenvalue weighted by molar-refractivity contribution is 2.45. The Bertz CT molecular complexity index is 82.2. The molecule has 44 valence electrons. The van der Waals surface area contributed by atoms with E-state index in [1.807, 2.05) is 22.8 Å². The molecule has 0 unspecified atom stereocenters. The Hall–Kier alpha value is 1.35. The van der Waals surface area contributed by atoms with E-state index in [1.54, 1.807) is 0 Å². The van der Waals surface area contributed by atoms with Crippen molar-refractivity contribution in [1.82, 2.24) is 0 Å². The lowest BCUT2D eigenvalue weighted by Gasteiger charge is -2.06. The van der Waals surface area contributed by atoms with Crippen molar-refractivity contribution in [2.75, 3.05) is 19.2 Å². The standard InChI is InChI=1S/C3H9PS3/c1-4(5,6-2)7-3/h1-3H3. The summed E-state index contributed by atoms with van der Waals surface area (Å²) < 4.78 is -0.988. The summed E-state index contributed by atoms with van der Waals surface area (Å²) in [6.45, 7) is 2.15. The zero-order chi connectivity index (χ0) is 5.91. The fourth-order valence-corrected chi connectivity index (χ4v) is 2.01. The van der Waals surface area contributed by atoms with Crippen LogP contribution in [0.3, 0.4) is 0 Å². The molecule has 0 aromatic heterocycles. The zero-order valence-electron chi connectivity index (χ0n) is 4.67. The van der Waals surface area contributed by atoms with Gasteiger partial charge in [0.15, 0.2) is 0 Å². The number of rotatable bonds is 2. The number of hydrogen-bond donors (Lipinski definition) is 0. The first kappa shape index (κ1) is 8.35. The minimum Gasteiger partial charge on any atom is -0.118 e. The van der Waals surface area contributed by atoms with Crippen LogP contribution in [0.15, 0.2) is 0 Å². The molecule has 0 aliphatic rings. The third-order valence-corrected chi connectivity index (χ3v) is 11.3. The molecule has 0 heterocycles. The van der Waals surface area contributed by atoms with E-state index in [0.717, 1.165) is 0 Å². The van der Waals surface area contributed by atoms with E-state index >= 15 is 0 Å². The van der Waals surface area contributed by atoms with E-state index in [2.05, 4.69) is 19.2 Å². The highest BCUT2D eigenvalue weighted by atomic mass is 33.2. The molecule has 0 nitrogen and oxygen atoms in total. The van der Waals surface area contributed by atoms with Gasteiger partial charge in [-0.15, -0.1) is 22.8 Å². The first-order valence-corrected chi connectivity index (χ1v) is 8.72. The van der Waals surface area contributed by atoms with Gasteiger partial charge in [-0.3, -0.25) is 0 Å². The molecule has 0 spiro atoms. The maximum Gasteiger partial charge on any atom is 0.0537 e. The zero-order valence-corrected chi connectivity index (χ0v) is 8.02. The van der Waals surface area contributed by atoms with Crippen LogP contribution in [0.5, 0.6) is 0 Å². The summed E-state index contributed by atoms with van der Waals surface area (Å²) in [7, 11) is 0. The Balaban J connectivity index is 3.61. The van der Waals surface area contributed by atoms with Crippen molar-refractivity contribution in [3.05, 3.63) is 0 Å². The molecule has 0 aromatic rings. The monoisotopic (exact) mass is 172 g/mol. The molecule has 0 aromatic carbocycles. The van der Waals surface area contributed by atoms with Gasteiger partial charge in [-0.25, -0.2) is 0 Å². The molecule has 0 saturated heterocycles. The van der Waals surface area contributed by atoms with Crippen molar-refractivity contribution in [2.24, 2.45) is 0 Å². The second-order valence-corrected chi connectivity index (χ2v) is 14.3. The Labute approximate surface area is 58.3 Å². The van der Waals surface area contributed by atoms with E-state index in [1.165, 1.54) is 0 Å². The van der Waals surface area contributed by atoms with Gasteiger partial charge in [-0.05, 0) is 19.2 Å². The quantitative estimate of drug-likeness (QED) is 0.588. The Kier molecular flexibility index (Phi) is 4.04. The molecule has 0 saturated carbocycles. The van der Waals surface area contributed by atoms with Gasteiger partial charge in [0.05, 0.1) is 4.44 Å². The molecule has 0 bridgehead atoms. The van der Waals surface area contributed by atoms with Crippen LogP contribution in [0, 0.1) is 0 Å². The molecule has 0 N–H and O–H groups in total. The van der Waals surface area contributed by atoms with E-state index in [-0.39, 0.29) is 0 Å². The third-order valence-electron chi connectivity index (χ3n) is 0.663. The Morgan fingerprint density at radius 2 is 1.57 bits per heavy atom. The maximum absolute atomic E-state index is 5.18. The summed E-state index contributed by atoms with van der Waals surface area (Å²) in [4.78, 5) is 0. The summed E-state index contributed by atoms with van der Waals surface area (Å²) in [5.41, 5.74) is 0. The average molecular weight is 172 g/mol. The van der Waals surface area contributed by atoms with Crippen molar-refractivity contribution in [2.45, 2.75) is 0 Å². The van der Waals surface area contributed by atoms with Crippen LogP contribution >= 0.6 is 27.2 Å². The first-order chi connectivity index (χ1) is 3.12. The molecule has 0 rings (SSSR count). The molecule has 7 heavy (non-hydrogen) atoms. The molecule has 0 fully saturated rings. The van der Waals surface area contributed by atoms with Gasteiger partial charge in [0.1, 0.15) is 0 Å². The topological polar surface area (TPSA) is 0 Å². The van der Waals surface area contributed by atoms with Gasteiger partial charge in [0.25, 0.3) is 0 Å². The summed E-state index contributed by atoms with van der Waals surface area (Å²) in [6.07, 6.45) is 4.16. The normalized spacial score (nSPS) is 11.9. The van der Waals surface area contributed by atoms with Crippen molar-refractivity contribution in [3.63, 3.8) is 0 Å². The summed E-state index contributed by atoms with van der Waals surface area (Å²) >= 11 is 8.81. The smallest absolute Gasteiger partial charge is 0.0537 e. The predicted molar refractivity (Wildman–Crippen MR) is 47.2 cm³/mol. The highest BCUT2D eigenvalue weighted by Crippen LogP contribution is 2.63. The first-order valence-electron chi connectivity index (χ1n) is 1.81. The van der Waals surface area contributed by atoms with E-state index in [9.17, 15) is 0 Å². The molecule has 0 radical (unpaired) electrons. The fraction of sp³-hybridized carbons (Fsp3) is 1.00. The largest absolute Gasteiger partial charge is 0.118 e. The Morgan fingerprint density at radius 3 is 1.57 bits per heavy atom. The van der Waals surface area contributed by atoms with Crippen molar-refractivity contribution < 1.29 is 0 Å². The molecule has 4 heteroatoms. The predicted octanol–water partition coefficient (Wildman–Crippen LogP) is 2.65. The average Bonchev–Trinajstić information content (AvgIpc) is 1.68. The van der Waals surface area contributed by atoms with E-state index in [0.29, 0.717) is 0 Å². The van der Waals surface area contributed by atoms with Crippen LogP contribution in [0.2, 0.25) is 0 Å². The van der Waals surface area contributed by atoms with Gasteiger partial charge >= 0.3 is 0 Å².